The molecule has 0 spiro atoms. The molecule has 4 nitrogen and oxygen atoms in total. The number of hydrogen-bond acceptors (Lipinski definition) is 3. The van der Waals surface area contributed by atoms with Gasteiger partial charge in [-0.2, -0.15) is 5.10 Å². The molecule has 0 atom stereocenters. The van der Waals surface area contributed by atoms with Gasteiger partial charge in [-0.25, -0.2) is 4.68 Å². The highest BCUT2D eigenvalue weighted by atomic mass is 15.3. The first-order valence-corrected chi connectivity index (χ1v) is 6.65. The zero-order valence-electron chi connectivity index (χ0n) is 11.6. The highest BCUT2D eigenvalue weighted by Gasteiger charge is 2.05. The van der Waals surface area contributed by atoms with Crippen LogP contribution in [-0.2, 0) is 0 Å². The molecule has 2 heterocycles. The van der Waals surface area contributed by atoms with Gasteiger partial charge in [-0.3, -0.25) is 9.97 Å². The number of nitrogens with zero attached hydrogens (tertiary/aromatic N) is 4. The van der Waals surface area contributed by atoms with Crippen molar-refractivity contribution in [2.24, 2.45) is 0 Å². The third kappa shape index (κ3) is 2.45. The van der Waals surface area contributed by atoms with E-state index in [1.165, 1.54) is 5.56 Å². The minimum Gasteiger partial charge on any atom is -0.261 e. The molecular formula is C16H16N4. The summed E-state index contributed by atoms with van der Waals surface area (Å²) in [5, 5.41) is 4.39. The molecular weight excluding hydrogens is 248 g/mol. The maximum atomic E-state index is 4.39. The van der Waals surface area contributed by atoms with E-state index in [1.807, 2.05) is 10.9 Å². The smallest absolute Gasteiger partial charge is 0.0916 e. The standard InChI is InChI=1S/C16H16N4/c1-12(2)13-3-5-15(6-4-13)20-11-14(9-19-20)16-10-17-7-8-18-16/h3-12H,1-2H3. The Bertz CT molecular complexity index is 684. The molecule has 100 valence electrons. The van der Waals surface area contributed by atoms with E-state index < -0.39 is 0 Å². The predicted octanol–water partition coefficient (Wildman–Crippen LogP) is 3.45. The van der Waals surface area contributed by atoms with E-state index >= 15 is 0 Å². The fourth-order valence-electron chi connectivity index (χ4n) is 2.06. The first-order valence-electron chi connectivity index (χ1n) is 6.65. The van der Waals surface area contributed by atoms with Crippen LogP contribution in [0.25, 0.3) is 16.9 Å². The summed E-state index contributed by atoms with van der Waals surface area (Å²) in [7, 11) is 0. The zero-order valence-corrected chi connectivity index (χ0v) is 11.6. The van der Waals surface area contributed by atoms with Crippen LogP contribution in [0, 0.1) is 0 Å². The molecule has 0 saturated heterocycles. The topological polar surface area (TPSA) is 43.6 Å². The minimum atomic E-state index is 0.539. The summed E-state index contributed by atoms with van der Waals surface area (Å²) in [5.41, 5.74) is 4.17. The lowest BCUT2D eigenvalue weighted by Crippen LogP contribution is -1.95. The molecule has 0 saturated carbocycles. The molecule has 3 rings (SSSR count). The van der Waals surface area contributed by atoms with Crippen molar-refractivity contribution < 1.29 is 0 Å². The van der Waals surface area contributed by atoms with Crippen molar-refractivity contribution in [3.63, 3.8) is 0 Å². The molecule has 0 fully saturated rings. The summed E-state index contributed by atoms with van der Waals surface area (Å²) in [6.45, 7) is 4.38. The quantitative estimate of drug-likeness (QED) is 0.727. The lowest BCUT2D eigenvalue weighted by atomic mass is 10.0. The average molecular weight is 264 g/mol. The number of rotatable bonds is 3. The van der Waals surface area contributed by atoms with Crippen molar-refractivity contribution in [3.8, 4) is 16.9 Å². The normalized spacial score (nSPS) is 10.9. The first-order chi connectivity index (χ1) is 9.74. The molecule has 1 aromatic carbocycles. The van der Waals surface area contributed by atoms with Gasteiger partial charge in [0.25, 0.3) is 0 Å². The molecule has 0 radical (unpaired) electrons. The van der Waals surface area contributed by atoms with Gasteiger partial charge in [0, 0.05) is 24.2 Å². The minimum absolute atomic E-state index is 0.539. The van der Waals surface area contributed by atoms with Crippen LogP contribution in [0.3, 0.4) is 0 Å². The Labute approximate surface area is 118 Å². The second-order valence-corrected chi connectivity index (χ2v) is 5.01. The van der Waals surface area contributed by atoms with Crippen LogP contribution in [-0.4, -0.2) is 19.7 Å². The van der Waals surface area contributed by atoms with Gasteiger partial charge in [-0.15, -0.1) is 0 Å². The fourth-order valence-corrected chi connectivity index (χ4v) is 2.06. The van der Waals surface area contributed by atoms with E-state index in [2.05, 4.69) is 53.2 Å². The molecule has 0 aliphatic carbocycles. The lowest BCUT2D eigenvalue weighted by molar-refractivity contribution is 0.854. The summed E-state index contributed by atoms with van der Waals surface area (Å²) >= 11 is 0. The highest BCUT2D eigenvalue weighted by Crippen LogP contribution is 2.19. The number of aromatic nitrogens is 4. The SMILES string of the molecule is CC(C)c1ccc(-n2cc(-c3cnccn3)cn2)cc1. The molecule has 0 aliphatic heterocycles. The van der Waals surface area contributed by atoms with Gasteiger partial charge in [0.15, 0.2) is 0 Å². The predicted molar refractivity (Wildman–Crippen MR) is 78.7 cm³/mol. The molecule has 2 aromatic heterocycles. The Morgan fingerprint density at radius 2 is 1.80 bits per heavy atom. The molecule has 20 heavy (non-hydrogen) atoms. The van der Waals surface area contributed by atoms with Crippen LogP contribution >= 0.6 is 0 Å². The van der Waals surface area contributed by atoms with E-state index in [0.29, 0.717) is 5.92 Å². The van der Waals surface area contributed by atoms with Crippen LogP contribution in [0.1, 0.15) is 25.3 Å². The van der Waals surface area contributed by atoms with E-state index in [-0.39, 0.29) is 0 Å². The second kappa shape index (κ2) is 5.25. The first kappa shape index (κ1) is 12.5. The summed E-state index contributed by atoms with van der Waals surface area (Å²) in [6.07, 6.45) is 8.86. The number of benzene rings is 1. The van der Waals surface area contributed by atoms with Crippen molar-refractivity contribution in [1.29, 1.82) is 0 Å². The highest BCUT2D eigenvalue weighted by molar-refractivity contribution is 5.56. The third-order valence-electron chi connectivity index (χ3n) is 3.27. The van der Waals surface area contributed by atoms with Crippen molar-refractivity contribution >= 4 is 0 Å². The third-order valence-corrected chi connectivity index (χ3v) is 3.27. The molecule has 0 aliphatic rings. The average Bonchev–Trinajstić information content (AvgIpc) is 2.98. The fraction of sp³-hybridized carbons (Fsp3) is 0.188. The molecule has 0 amide bonds. The summed E-state index contributed by atoms with van der Waals surface area (Å²) in [4.78, 5) is 8.35. The van der Waals surface area contributed by atoms with Crippen molar-refractivity contribution in [2.45, 2.75) is 19.8 Å². The van der Waals surface area contributed by atoms with Gasteiger partial charge in [-0.1, -0.05) is 26.0 Å². The van der Waals surface area contributed by atoms with Crippen molar-refractivity contribution in [1.82, 2.24) is 19.7 Å². The molecule has 4 heteroatoms. The molecule has 3 aromatic rings. The van der Waals surface area contributed by atoms with Gasteiger partial charge in [0.1, 0.15) is 0 Å². The Hall–Kier alpha value is -2.49. The van der Waals surface area contributed by atoms with Gasteiger partial charge in [0.05, 0.1) is 23.8 Å². The maximum absolute atomic E-state index is 4.39. The zero-order chi connectivity index (χ0) is 13.9. The van der Waals surface area contributed by atoms with Crippen LogP contribution in [0.2, 0.25) is 0 Å². The summed E-state index contributed by atoms with van der Waals surface area (Å²) in [5.74, 6) is 0.539. The van der Waals surface area contributed by atoms with Gasteiger partial charge in [0.2, 0.25) is 0 Å². The van der Waals surface area contributed by atoms with Gasteiger partial charge < -0.3 is 0 Å². The number of hydrogen-bond donors (Lipinski definition) is 0. The van der Waals surface area contributed by atoms with E-state index in [4.69, 9.17) is 0 Å². The summed E-state index contributed by atoms with van der Waals surface area (Å²) < 4.78 is 1.86. The van der Waals surface area contributed by atoms with Crippen molar-refractivity contribution in [3.05, 3.63) is 60.8 Å². The summed E-state index contributed by atoms with van der Waals surface area (Å²) in [6, 6.07) is 8.46. The van der Waals surface area contributed by atoms with Gasteiger partial charge >= 0.3 is 0 Å². The Morgan fingerprint density at radius 1 is 1.00 bits per heavy atom. The van der Waals surface area contributed by atoms with Crippen LogP contribution in [0.4, 0.5) is 0 Å². The monoisotopic (exact) mass is 264 g/mol. The van der Waals surface area contributed by atoms with Crippen LogP contribution in [0.5, 0.6) is 0 Å². The molecule has 0 bridgehead atoms. The second-order valence-electron chi connectivity index (χ2n) is 5.01. The van der Waals surface area contributed by atoms with Crippen molar-refractivity contribution in [2.75, 3.05) is 0 Å². The Kier molecular flexibility index (Phi) is 3.29. The van der Waals surface area contributed by atoms with Gasteiger partial charge in [-0.05, 0) is 23.6 Å². The van der Waals surface area contributed by atoms with Crippen LogP contribution < -0.4 is 0 Å². The Morgan fingerprint density at radius 3 is 2.45 bits per heavy atom. The molecule has 0 N–H and O–H groups in total. The largest absolute Gasteiger partial charge is 0.261 e. The lowest BCUT2D eigenvalue weighted by Gasteiger charge is -2.06. The maximum Gasteiger partial charge on any atom is 0.0916 e. The Balaban J connectivity index is 1.90. The molecule has 0 unspecified atom stereocenters. The van der Waals surface area contributed by atoms with E-state index in [9.17, 15) is 0 Å². The van der Waals surface area contributed by atoms with E-state index in [1.54, 1.807) is 24.8 Å². The van der Waals surface area contributed by atoms with Crippen LogP contribution in [0.15, 0.2) is 55.2 Å². The van der Waals surface area contributed by atoms with E-state index in [0.717, 1.165) is 16.9 Å².